The molecule has 1 aliphatic heterocycles. The van der Waals surface area contributed by atoms with Gasteiger partial charge in [0.2, 0.25) is 5.60 Å². The molecule has 1 aliphatic carbocycles. The Morgan fingerprint density at radius 2 is 1.61 bits per heavy atom. The molecule has 5 heteroatoms. The number of rotatable bonds is 7. The number of pyridine rings is 1. The van der Waals surface area contributed by atoms with Gasteiger partial charge < -0.3 is 9.84 Å². The summed E-state index contributed by atoms with van der Waals surface area (Å²) in [5, 5.41) is 11.4. The van der Waals surface area contributed by atoms with Crippen LogP contribution in [0.1, 0.15) is 16.8 Å². The molecule has 31 heavy (non-hydrogen) atoms. The second-order valence-corrected chi connectivity index (χ2v) is 8.56. The molecule has 0 radical (unpaired) electrons. The first kappa shape index (κ1) is 19.9. The Morgan fingerprint density at radius 1 is 0.968 bits per heavy atom. The average Bonchev–Trinajstić information content (AvgIpc) is 3.29. The van der Waals surface area contributed by atoms with Gasteiger partial charge in [-0.1, -0.05) is 66.7 Å². The molecule has 2 fully saturated rings. The largest absolute Gasteiger partial charge is 0.463 e. The number of ether oxygens (including phenoxy) is 1. The Bertz CT molecular complexity index is 975. The lowest BCUT2D eigenvalue weighted by molar-refractivity contribution is -0.163. The van der Waals surface area contributed by atoms with Crippen molar-refractivity contribution in [2.75, 3.05) is 19.7 Å². The number of likely N-dealkylation sites (tertiary alicyclic amines) is 1. The molecule has 5 nitrogen and oxygen atoms in total. The molecular formula is C26H26N2O3. The van der Waals surface area contributed by atoms with Gasteiger partial charge in [-0.3, -0.25) is 9.88 Å². The minimum Gasteiger partial charge on any atom is -0.463 e. The summed E-state index contributed by atoms with van der Waals surface area (Å²) >= 11 is 0. The summed E-state index contributed by atoms with van der Waals surface area (Å²) in [5.41, 5.74) is 0.154. The molecule has 1 saturated carbocycles. The number of hydrogen-bond donors (Lipinski definition) is 1. The van der Waals surface area contributed by atoms with Gasteiger partial charge in [-0.05, 0) is 29.5 Å². The van der Waals surface area contributed by atoms with Gasteiger partial charge in [-0.15, -0.1) is 0 Å². The summed E-state index contributed by atoms with van der Waals surface area (Å²) in [5.74, 6) is 0.843. The van der Waals surface area contributed by atoms with Crippen LogP contribution in [0, 0.1) is 17.8 Å². The number of fused-ring (bicyclic) bond motifs is 1. The molecule has 2 heterocycles. The molecule has 1 aromatic heterocycles. The molecule has 2 aromatic carbocycles. The van der Waals surface area contributed by atoms with Crippen LogP contribution < -0.4 is 0 Å². The molecule has 0 amide bonds. The molecule has 2 aliphatic rings. The van der Waals surface area contributed by atoms with Crippen molar-refractivity contribution in [1.29, 1.82) is 0 Å². The number of hydrogen-bond acceptors (Lipinski definition) is 5. The smallest absolute Gasteiger partial charge is 0.349 e. The first-order chi connectivity index (χ1) is 15.2. The molecule has 158 valence electrons. The molecule has 3 atom stereocenters. The maximum absolute atomic E-state index is 13.1. The summed E-state index contributed by atoms with van der Waals surface area (Å²) in [6.07, 6.45) is 1.57. The zero-order valence-electron chi connectivity index (χ0n) is 17.3. The van der Waals surface area contributed by atoms with E-state index in [2.05, 4.69) is 34.1 Å². The topological polar surface area (TPSA) is 62.7 Å². The molecule has 0 spiro atoms. The van der Waals surface area contributed by atoms with Gasteiger partial charge in [0.1, 0.15) is 0 Å². The van der Waals surface area contributed by atoms with Crippen molar-refractivity contribution in [3.8, 4) is 0 Å². The second-order valence-electron chi connectivity index (χ2n) is 8.56. The SMILES string of the molecule is O=C(OCC1C2CN(Cc3ccccc3)CC12)C(O)(c1ccccc1)c1ccccn1. The van der Waals surface area contributed by atoms with Crippen LogP contribution in [0.2, 0.25) is 0 Å². The maximum Gasteiger partial charge on any atom is 0.349 e. The molecular weight excluding hydrogens is 388 g/mol. The van der Waals surface area contributed by atoms with Gasteiger partial charge >= 0.3 is 5.97 Å². The Morgan fingerprint density at radius 3 is 2.26 bits per heavy atom. The number of nitrogens with zero attached hydrogens (tertiary/aromatic N) is 2. The Labute approximate surface area is 182 Å². The average molecular weight is 415 g/mol. The van der Waals surface area contributed by atoms with Crippen molar-refractivity contribution in [1.82, 2.24) is 9.88 Å². The van der Waals surface area contributed by atoms with Crippen LogP contribution in [0.25, 0.3) is 0 Å². The van der Waals surface area contributed by atoms with Crippen molar-refractivity contribution in [2.45, 2.75) is 12.1 Å². The van der Waals surface area contributed by atoms with E-state index in [1.165, 1.54) is 5.56 Å². The van der Waals surface area contributed by atoms with E-state index in [9.17, 15) is 9.90 Å². The molecule has 1 saturated heterocycles. The highest BCUT2D eigenvalue weighted by molar-refractivity contribution is 5.84. The number of carbonyl (C=O) groups is 1. The fourth-order valence-corrected chi connectivity index (χ4v) is 4.86. The third-order valence-corrected chi connectivity index (χ3v) is 6.63. The predicted octanol–water partition coefficient (Wildman–Crippen LogP) is 3.24. The fourth-order valence-electron chi connectivity index (χ4n) is 4.86. The van der Waals surface area contributed by atoms with Crippen LogP contribution in [0.3, 0.4) is 0 Å². The minimum absolute atomic E-state index is 0.274. The van der Waals surface area contributed by atoms with Crippen LogP contribution in [0.5, 0.6) is 0 Å². The van der Waals surface area contributed by atoms with Gasteiger partial charge in [0, 0.05) is 37.3 Å². The van der Waals surface area contributed by atoms with Crippen molar-refractivity contribution >= 4 is 5.97 Å². The minimum atomic E-state index is -1.91. The van der Waals surface area contributed by atoms with Gasteiger partial charge in [-0.25, -0.2) is 4.79 Å². The van der Waals surface area contributed by atoms with E-state index in [1.807, 2.05) is 12.1 Å². The molecule has 5 rings (SSSR count). The van der Waals surface area contributed by atoms with E-state index >= 15 is 0 Å². The van der Waals surface area contributed by atoms with Gasteiger partial charge in [0.25, 0.3) is 0 Å². The highest BCUT2D eigenvalue weighted by atomic mass is 16.5. The molecule has 0 bridgehead atoms. The molecule has 3 unspecified atom stereocenters. The van der Waals surface area contributed by atoms with Gasteiger partial charge in [0.05, 0.1) is 12.3 Å². The third kappa shape index (κ3) is 3.87. The van der Waals surface area contributed by atoms with E-state index < -0.39 is 11.6 Å². The lowest BCUT2D eigenvalue weighted by Gasteiger charge is -2.26. The summed E-state index contributed by atoms with van der Waals surface area (Å²) in [6, 6.07) is 24.6. The van der Waals surface area contributed by atoms with E-state index in [0.29, 0.717) is 29.9 Å². The number of esters is 1. The van der Waals surface area contributed by atoms with Gasteiger partial charge in [0.15, 0.2) is 0 Å². The first-order valence-corrected chi connectivity index (χ1v) is 10.8. The monoisotopic (exact) mass is 414 g/mol. The summed E-state index contributed by atoms with van der Waals surface area (Å²) in [6.45, 7) is 3.37. The number of carbonyl (C=O) groups excluding carboxylic acids is 1. The van der Waals surface area contributed by atoms with E-state index in [-0.39, 0.29) is 5.69 Å². The quantitative estimate of drug-likeness (QED) is 0.602. The lowest BCUT2D eigenvalue weighted by atomic mass is 9.90. The summed E-state index contributed by atoms with van der Waals surface area (Å²) < 4.78 is 5.68. The normalized spacial score (nSPS) is 24.2. The van der Waals surface area contributed by atoms with Crippen molar-refractivity contribution in [3.05, 3.63) is 102 Å². The molecule has 3 aromatic rings. The summed E-state index contributed by atoms with van der Waals surface area (Å²) in [7, 11) is 0. The fraction of sp³-hybridized carbons (Fsp3) is 0.308. The molecule has 1 N–H and O–H groups in total. The highest BCUT2D eigenvalue weighted by Gasteiger charge is 2.56. The third-order valence-electron chi connectivity index (χ3n) is 6.63. The number of piperidine rings is 1. The van der Waals surface area contributed by atoms with Crippen LogP contribution in [0.4, 0.5) is 0 Å². The van der Waals surface area contributed by atoms with Crippen LogP contribution in [-0.4, -0.2) is 40.7 Å². The van der Waals surface area contributed by atoms with Crippen LogP contribution in [-0.2, 0) is 21.7 Å². The van der Waals surface area contributed by atoms with Crippen molar-refractivity contribution in [2.24, 2.45) is 17.8 Å². The van der Waals surface area contributed by atoms with E-state index in [0.717, 1.165) is 19.6 Å². The number of benzene rings is 2. The zero-order valence-corrected chi connectivity index (χ0v) is 17.3. The maximum atomic E-state index is 13.1. The number of aliphatic hydroxyl groups is 1. The van der Waals surface area contributed by atoms with Crippen LogP contribution >= 0.6 is 0 Å². The van der Waals surface area contributed by atoms with Crippen molar-refractivity contribution < 1.29 is 14.6 Å². The predicted molar refractivity (Wildman–Crippen MR) is 117 cm³/mol. The van der Waals surface area contributed by atoms with E-state index in [1.54, 1.807) is 48.7 Å². The number of aromatic nitrogens is 1. The zero-order chi connectivity index (χ0) is 21.3. The summed E-state index contributed by atoms with van der Waals surface area (Å²) in [4.78, 5) is 19.8. The standard InChI is InChI=1S/C26H26N2O3/c29-25(26(30,20-11-5-2-6-12-20)24-13-7-8-14-27-24)31-18-23-21-16-28(17-22(21)23)15-19-9-3-1-4-10-19/h1-14,21-23,30H,15-18H2. The Kier molecular flexibility index (Phi) is 5.30. The Hall–Kier alpha value is -3.02. The van der Waals surface area contributed by atoms with Crippen molar-refractivity contribution in [3.63, 3.8) is 0 Å². The lowest BCUT2D eigenvalue weighted by Crippen LogP contribution is -2.40. The van der Waals surface area contributed by atoms with E-state index in [4.69, 9.17) is 4.74 Å². The second kappa shape index (κ2) is 8.25. The highest BCUT2D eigenvalue weighted by Crippen LogP contribution is 2.52. The van der Waals surface area contributed by atoms with Crippen LogP contribution in [0.15, 0.2) is 85.1 Å². The first-order valence-electron chi connectivity index (χ1n) is 10.8. The Balaban J connectivity index is 1.21. The van der Waals surface area contributed by atoms with Gasteiger partial charge in [-0.2, -0.15) is 0 Å².